The second-order valence-electron chi connectivity index (χ2n) is 7.33. The van der Waals surface area contributed by atoms with Crippen LogP contribution in [0.1, 0.15) is 15.2 Å². The van der Waals surface area contributed by atoms with E-state index >= 15 is 0 Å². The van der Waals surface area contributed by atoms with Crippen molar-refractivity contribution in [1.82, 2.24) is 4.98 Å². The first-order chi connectivity index (χ1) is 16.9. The minimum atomic E-state index is -0.482. The van der Waals surface area contributed by atoms with Gasteiger partial charge in [-0.05, 0) is 60.2 Å². The maximum Gasteiger partial charge on any atom is 0.290 e. The van der Waals surface area contributed by atoms with Crippen molar-refractivity contribution in [1.29, 1.82) is 0 Å². The van der Waals surface area contributed by atoms with Crippen LogP contribution >= 0.6 is 22.7 Å². The number of carbonyl (C=O) groups is 1. The lowest BCUT2D eigenvalue weighted by molar-refractivity contribution is -0.384. The molecule has 5 rings (SSSR count). The number of hydrogen-bond donors (Lipinski definition) is 0. The van der Waals surface area contributed by atoms with Gasteiger partial charge in [0, 0.05) is 22.2 Å². The smallest absolute Gasteiger partial charge is 0.290 e. The topological polar surface area (TPSA) is 97.9 Å². The fourth-order valence-corrected chi connectivity index (χ4v) is 5.25. The largest absolute Gasteiger partial charge is 0.497 e. The Balaban J connectivity index is 1.56. The molecule has 3 aromatic carbocycles. The third-order valence-corrected chi connectivity index (χ3v) is 7.17. The molecule has 0 saturated carbocycles. The van der Waals surface area contributed by atoms with Gasteiger partial charge in [0.25, 0.3) is 11.6 Å². The lowest BCUT2D eigenvalue weighted by atomic mass is 10.2. The molecule has 35 heavy (non-hydrogen) atoms. The zero-order valence-electron chi connectivity index (χ0n) is 18.0. The van der Waals surface area contributed by atoms with E-state index in [0.717, 1.165) is 26.6 Å². The molecule has 174 valence electrons. The zero-order chi connectivity index (χ0) is 24.5. The molecule has 0 radical (unpaired) electrons. The van der Waals surface area contributed by atoms with Gasteiger partial charge in [-0.15, -0.1) is 11.3 Å². The number of hydrazone groups is 1. The lowest BCUT2D eigenvalue weighted by Gasteiger charge is -2.12. The fraction of sp³-hybridized carbons (Fsp3) is 0.0417. The van der Waals surface area contributed by atoms with Crippen LogP contribution < -0.4 is 9.75 Å². The van der Waals surface area contributed by atoms with Gasteiger partial charge < -0.3 is 4.74 Å². The normalized spacial score (nSPS) is 11.4. The molecule has 0 aliphatic carbocycles. The van der Waals surface area contributed by atoms with Crippen LogP contribution in [0.25, 0.3) is 20.3 Å². The number of thiophene rings is 1. The number of non-ortho nitro benzene ring substituents is 1. The number of nitro benzene ring substituents is 1. The number of carbonyl (C=O) groups excluding carboxylic acids is 1. The Morgan fingerprint density at radius 3 is 2.63 bits per heavy atom. The molecule has 11 heteroatoms. The fourth-order valence-electron chi connectivity index (χ4n) is 3.33. The first kappa shape index (κ1) is 22.6. The molecule has 0 spiro atoms. The Bertz CT molecular complexity index is 1610. The highest BCUT2D eigenvalue weighted by Gasteiger charge is 2.23. The number of thiazole rings is 1. The van der Waals surface area contributed by atoms with Gasteiger partial charge in [0.15, 0.2) is 0 Å². The number of benzene rings is 3. The van der Waals surface area contributed by atoms with Gasteiger partial charge >= 0.3 is 0 Å². The quantitative estimate of drug-likeness (QED) is 0.154. The summed E-state index contributed by atoms with van der Waals surface area (Å²) in [4.78, 5) is 29.0. The number of rotatable bonds is 6. The van der Waals surface area contributed by atoms with Crippen LogP contribution in [0.3, 0.4) is 0 Å². The summed E-state index contributed by atoms with van der Waals surface area (Å²) < 4.78 is 20.2. The number of aromatic nitrogens is 1. The predicted molar refractivity (Wildman–Crippen MR) is 135 cm³/mol. The maximum atomic E-state index is 13.7. The molecule has 0 unspecified atom stereocenters. The van der Waals surface area contributed by atoms with Crippen molar-refractivity contribution in [3.8, 4) is 5.75 Å². The summed E-state index contributed by atoms with van der Waals surface area (Å²) in [5, 5.41) is 17.5. The van der Waals surface area contributed by atoms with E-state index in [9.17, 15) is 19.3 Å². The number of hydrogen-bond acceptors (Lipinski definition) is 8. The van der Waals surface area contributed by atoms with E-state index in [-0.39, 0.29) is 10.8 Å². The second-order valence-corrected chi connectivity index (χ2v) is 9.43. The average Bonchev–Trinajstić information content (AvgIpc) is 3.47. The predicted octanol–water partition coefficient (Wildman–Crippen LogP) is 6.25. The van der Waals surface area contributed by atoms with Crippen LogP contribution in [0.4, 0.5) is 15.2 Å². The van der Waals surface area contributed by atoms with Crippen molar-refractivity contribution in [3.63, 3.8) is 0 Å². The van der Waals surface area contributed by atoms with Crippen molar-refractivity contribution in [2.75, 3.05) is 12.1 Å². The number of amides is 1. The summed E-state index contributed by atoms with van der Waals surface area (Å²) in [6, 6.07) is 17.3. The van der Waals surface area contributed by atoms with E-state index in [1.54, 1.807) is 49.6 Å². The molecule has 1 amide bonds. The van der Waals surface area contributed by atoms with Crippen LogP contribution in [0, 0.1) is 15.9 Å². The van der Waals surface area contributed by atoms with E-state index in [0.29, 0.717) is 26.2 Å². The van der Waals surface area contributed by atoms with Crippen molar-refractivity contribution >= 4 is 65.9 Å². The third-order valence-electron chi connectivity index (χ3n) is 5.07. The van der Waals surface area contributed by atoms with Gasteiger partial charge in [-0.3, -0.25) is 14.9 Å². The number of halogens is 1. The van der Waals surface area contributed by atoms with Crippen LogP contribution in [0.5, 0.6) is 5.75 Å². The van der Waals surface area contributed by atoms with E-state index in [1.165, 1.54) is 41.8 Å². The number of fused-ring (bicyclic) bond motifs is 2. The summed E-state index contributed by atoms with van der Waals surface area (Å²) in [7, 11) is 1.57. The summed E-state index contributed by atoms with van der Waals surface area (Å²) in [6.45, 7) is 0. The molecule has 0 bridgehead atoms. The number of nitrogens with zero attached hydrogens (tertiary/aromatic N) is 4. The second kappa shape index (κ2) is 9.20. The van der Waals surface area contributed by atoms with Crippen LogP contribution in [-0.2, 0) is 0 Å². The monoisotopic (exact) mass is 506 g/mol. The van der Waals surface area contributed by atoms with Crippen LogP contribution in [0.15, 0.2) is 71.8 Å². The highest BCUT2D eigenvalue weighted by molar-refractivity contribution is 7.23. The summed E-state index contributed by atoms with van der Waals surface area (Å²) >= 11 is 2.33. The van der Waals surface area contributed by atoms with E-state index in [4.69, 9.17) is 4.74 Å². The van der Waals surface area contributed by atoms with Crippen molar-refractivity contribution in [2.24, 2.45) is 5.10 Å². The molecule has 0 atom stereocenters. The van der Waals surface area contributed by atoms with Gasteiger partial charge in [0.05, 0.1) is 33.3 Å². The van der Waals surface area contributed by atoms with Gasteiger partial charge in [-0.1, -0.05) is 11.3 Å². The Morgan fingerprint density at radius 1 is 1.09 bits per heavy atom. The third kappa shape index (κ3) is 4.59. The SMILES string of the molecule is COc1ccc(/C=N/N(C(=O)c2cc3cc([N+](=O)[O-])ccc3s2)c2nc3ccc(F)cc3s2)cc1. The Morgan fingerprint density at radius 2 is 1.89 bits per heavy atom. The van der Waals surface area contributed by atoms with Gasteiger partial charge in [0.2, 0.25) is 5.13 Å². The molecule has 0 N–H and O–H groups in total. The molecule has 8 nitrogen and oxygen atoms in total. The minimum absolute atomic E-state index is 0.0584. The standard InChI is InChI=1S/C24H15FN4O4S2/c1-33-18-6-2-14(3-7-18)13-26-28(24-27-19-8-4-16(25)12-21(19)35-24)23(30)22-11-15-10-17(29(31)32)5-9-20(15)34-22/h2-13H,1H3/b26-13+. The lowest BCUT2D eigenvalue weighted by Crippen LogP contribution is -2.24. The zero-order valence-corrected chi connectivity index (χ0v) is 19.7. The van der Waals surface area contributed by atoms with Gasteiger partial charge in [-0.25, -0.2) is 9.37 Å². The van der Waals surface area contributed by atoms with Gasteiger partial charge in [0.1, 0.15) is 11.6 Å². The maximum absolute atomic E-state index is 13.7. The molecular weight excluding hydrogens is 491 g/mol. The summed E-state index contributed by atoms with van der Waals surface area (Å²) in [5.74, 6) is -0.181. The molecule has 0 fully saturated rings. The molecule has 2 heterocycles. The molecular formula is C24H15FN4O4S2. The van der Waals surface area contributed by atoms with E-state index in [2.05, 4.69) is 10.1 Å². The highest BCUT2D eigenvalue weighted by atomic mass is 32.1. The number of ether oxygens (including phenoxy) is 1. The Labute approximate surface area is 205 Å². The first-order valence-corrected chi connectivity index (χ1v) is 11.8. The average molecular weight is 507 g/mol. The molecule has 5 aromatic rings. The number of methoxy groups -OCH3 is 1. The molecule has 0 aliphatic rings. The van der Waals surface area contributed by atoms with Gasteiger partial charge in [-0.2, -0.15) is 10.1 Å². The van der Waals surface area contributed by atoms with Crippen molar-refractivity contribution in [2.45, 2.75) is 0 Å². The summed E-state index contributed by atoms with van der Waals surface area (Å²) in [5.41, 5.74) is 1.20. The van der Waals surface area contributed by atoms with Crippen molar-refractivity contribution in [3.05, 3.63) is 93.1 Å². The van der Waals surface area contributed by atoms with Crippen LogP contribution in [0.2, 0.25) is 0 Å². The minimum Gasteiger partial charge on any atom is -0.497 e. The molecule has 0 saturated heterocycles. The highest BCUT2D eigenvalue weighted by Crippen LogP contribution is 2.34. The summed E-state index contributed by atoms with van der Waals surface area (Å²) in [6.07, 6.45) is 1.52. The Hall–Kier alpha value is -4.22. The number of anilines is 1. The molecule has 0 aliphatic heterocycles. The van der Waals surface area contributed by atoms with Crippen molar-refractivity contribution < 1.29 is 18.8 Å². The van der Waals surface area contributed by atoms with E-state index < -0.39 is 16.6 Å². The Kier molecular flexibility index (Phi) is 5.93. The molecule has 2 aromatic heterocycles. The first-order valence-electron chi connectivity index (χ1n) is 10.2. The van der Waals surface area contributed by atoms with Crippen LogP contribution in [-0.4, -0.2) is 29.1 Å². The number of nitro groups is 1. The van der Waals surface area contributed by atoms with E-state index in [1.807, 2.05) is 0 Å².